The molecule has 0 aromatic heterocycles. The molecule has 5 nitrogen and oxygen atoms in total. The van der Waals surface area contributed by atoms with Crippen LogP contribution in [0.15, 0.2) is 30.3 Å². The minimum Gasteiger partial charge on any atom is -0.381 e. The number of hydrogen-bond acceptors (Lipinski definition) is 4. The summed E-state index contributed by atoms with van der Waals surface area (Å²) in [6.45, 7) is 5.97. The molecule has 0 spiro atoms. The van der Waals surface area contributed by atoms with Gasteiger partial charge in [0.05, 0.1) is 6.04 Å². The molecule has 1 aromatic rings. The van der Waals surface area contributed by atoms with E-state index in [-0.39, 0.29) is 42.7 Å². The van der Waals surface area contributed by atoms with Crippen molar-refractivity contribution >= 4 is 30.7 Å². The molecule has 1 atom stereocenters. The number of halogens is 2. The second-order valence-electron chi connectivity index (χ2n) is 6.92. The molecule has 1 amide bonds. The van der Waals surface area contributed by atoms with E-state index in [0.717, 1.165) is 65.2 Å². The van der Waals surface area contributed by atoms with Crippen LogP contribution in [-0.4, -0.2) is 61.1 Å². The van der Waals surface area contributed by atoms with Crippen molar-refractivity contribution in [3.63, 3.8) is 0 Å². The third-order valence-electron chi connectivity index (χ3n) is 5.21. The Balaban J connectivity index is 0.00000169. The Labute approximate surface area is 169 Å². The number of amides is 1. The van der Waals surface area contributed by atoms with Crippen LogP contribution in [0.5, 0.6) is 0 Å². The van der Waals surface area contributed by atoms with Crippen LogP contribution in [0, 0.1) is 5.92 Å². The molecule has 2 saturated heterocycles. The number of rotatable bonds is 4. The summed E-state index contributed by atoms with van der Waals surface area (Å²) in [7, 11) is 0. The van der Waals surface area contributed by atoms with Gasteiger partial charge < -0.3 is 15.4 Å². The normalized spacial score (nSPS) is 20.4. The van der Waals surface area contributed by atoms with E-state index in [4.69, 9.17) is 10.5 Å². The maximum atomic E-state index is 12.8. The Bertz CT molecular complexity index is 527. The zero-order valence-corrected chi connectivity index (χ0v) is 16.9. The summed E-state index contributed by atoms with van der Waals surface area (Å²) >= 11 is 0. The highest BCUT2D eigenvalue weighted by molar-refractivity contribution is 5.85. The van der Waals surface area contributed by atoms with Crippen molar-refractivity contribution in [3.8, 4) is 0 Å². The highest BCUT2D eigenvalue weighted by Crippen LogP contribution is 2.19. The first kappa shape index (κ1) is 23.2. The van der Waals surface area contributed by atoms with Gasteiger partial charge >= 0.3 is 0 Å². The molecule has 1 aromatic carbocycles. The number of nitrogens with two attached hydrogens (primary N) is 1. The Kier molecular flexibility index (Phi) is 10.5. The van der Waals surface area contributed by atoms with E-state index in [2.05, 4.69) is 29.2 Å². The Hall–Kier alpha value is -0.850. The number of nitrogens with zero attached hydrogens (tertiary/aromatic N) is 2. The molecular weight excluding hydrogens is 373 g/mol. The minimum absolute atomic E-state index is 0. The molecule has 148 valence electrons. The van der Waals surface area contributed by atoms with Crippen molar-refractivity contribution in [1.82, 2.24) is 9.80 Å². The monoisotopic (exact) mass is 403 g/mol. The summed E-state index contributed by atoms with van der Waals surface area (Å²) in [4.78, 5) is 17.2. The van der Waals surface area contributed by atoms with E-state index in [1.807, 2.05) is 11.0 Å². The predicted octanol–water partition coefficient (Wildman–Crippen LogP) is 2.32. The largest absolute Gasteiger partial charge is 0.381 e. The highest BCUT2D eigenvalue weighted by atomic mass is 35.5. The fourth-order valence-corrected chi connectivity index (χ4v) is 3.68. The van der Waals surface area contributed by atoms with Gasteiger partial charge in [0, 0.05) is 45.9 Å². The lowest BCUT2D eigenvalue weighted by Crippen LogP contribution is -2.49. The smallest absolute Gasteiger partial charge is 0.239 e. The van der Waals surface area contributed by atoms with Gasteiger partial charge in [0.25, 0.3) is 0 Å². The lowest BCUT2D eigenvalue weighted by molar-refractivity contribution is -0.134. The average Bonchev–Trinajstić information content (AvgIpc) is 2.88. The molecule has 2 heterocycles. The second kappa shape index (κ2) is 11.8. The lowest BCUT2D eigenvalue weighted by atomic mass is 9.91. The molecule has 2 N–H and O–H groups in total. The van der Waals surface area contributed by atoms with Crippen LogP contribution in [0.3, 0.4) is 0 Å². The van der Waals surface area contributed by atoms with Crippen LogP contribution in [0.25, 0.3) is 0 Å². The molecule has 1 unspecified atom stereocenters. The van der Waals surface area contributed by atoms with E-state index in [0.29, 0.717) is 0 Å². The number of benzene rings is 1. The lowest BCUT2D eigenvalue weighted by Gasteiger charge is -2.31. The summed E-state index contributed by atoms with van der Waals surface area (Å²) < 4.78 is 5.38. The van der Waals surface area contributed by atoms with Gasteiger partial charge in [-0.05, 0) is 30.7 Å². The van der Waals surface area contributed by atoms with E-state index >= 15 is 0 Å². The Morgan fingerprint density at radius 2 is 1.77 bits per heavy atom. The number of hydrogen-bond donors (Lipinski definition) is 1. The topological polar surface area (TPSA) is 58.8 Å². The third kappa shape index (κ3) is 6.39. The second-order valence-corrected chi connectivity index (χ2v) is 6.92. The molecular formula is C19H31Cl2N3O2. The molecule has 7 heteroatoms. The molecule has 0 radical (unpaired) electrons. The van der Waals surface area contributed by atoms with Crippen molar-refractivity contribution in [1.29, 1.82) is 0 Å². The van der Waals surface area contributed by atoms with Gasteiger partial charge in [0.15, 0.2) is 0 Å². The molecule has 2 aliphatic rings. The summed E-state index contributed by atoms with van der Waals surface area (Å²) in [6.07, 6.45) is 2.82. The summed E-state index contributed by atoms with van der Waals surface area (Å²) in [5.74, 6) is 0.401. The predicted molar refractivity (Wildman–Crippen MR) is 109 cm³/mol. The van der Waals surface area contributed by atoms with Gasteiger partial charge in [-0.1, -0.05) is 30.3 Å². The zero-order valence-electron chi connectivity index (χ0n) is 15.2. The van der Waals surface area contributed by atoms with Crippen LogP contribution in [-0.2, 0) is 16.1 Å². The van der Waals surface area contributed by atoms with Crippen molar-refractivity contribution in [3.05, 3.63) is 35.9 Å². The van der Waals surface area contributed by atoms with Gasteiger partial charge in [-0.2, -0.15) is 0 Å². The molecule has 0 aliphatic carbocycles. The van der Waals surface area contributed by atoms with Gasteiger partial charge in [-0.25, -0.2) is 0 Å². The maximum absolute atomic E-state index is 12.8. The quantitative estimate of drug-likeness (QED) is 0.837. The Morgan fingerprint density at radius 3 is 2.46 bits per heavy atom. The molecule has 2 fully saturated rings. The summed E-state index contributed by atoms with van der Waals surface area (Å²) in [6, 6.07) is 10.2. The van der Waals surface area contributed by atoms with Crippen LogP contribution in [0.1, 0.15) is 24.8 Å². The van der Waals surface area contributed by atoms with Crippen LogP contribution < -0.4 is 5.73 Å². The SMILES string of the molecule is Cl.Cl.NC(C(=O)N1CCCN(Cc2ccccc2)CC1)C1CCOCC1. The minimum atomic E-state index is -0.366. The fraction of sp³-hybridized carbons (Fsp3) is 0.632. The van der Waals surface area contributed by atoms with Crippen LogP contribution in [0.4, 0.5) is 0 Å². The number of carbonyl (C=O) groups excluding carboxylic acids is 1. The number of ether oxygens (including phenoxy) is 1. The molecule has 3 rings (SSSR count). The molecule has 0 bridgehead atoms. The maximum Gasteiger partial charge on any atom is 0.239 e. The van der Waals surface area contributed by atoms with E-state index in [1.165, 1.54) is 5.56 Å². The van der Waals surface area contributed by atoms with Crippen molar-refractivity contribution in [2.24, 2.45) is 11.7 Å². The van der Waals surface area contributed by atoms with Crippen molar-refractivity contribution in [2.45, 2.75) is 31.8 Å². The fourth-order valence-electron chi connectivity index (χ4n) is 3.68. The van der Waals surface area contributed by atoms with Crippen LogP contribution in [0.2, 0.25) is 0 Å². The number of carbonyl (C=O) groups is 1. The van der Waals surface area contributed by atoms with Crippen molar-refractivity contribution in [2.75, 3.05) is 39.4 Å². The highest BCUT2D eigenvalue weighted by Gasteiger charge is 2.30. The Morgan fingerprint density at radius 1 is 1.08 bits per heavy atom. The van der Waals surface area contributed by atoms with Crippen LogP contribution >= 0.6 is 24.8 Å². The van der Waals surface area contributed by atoms with Gasteiger partial charge in [-0.15, -0.1) is 24.8 Å². The first-order valence-corrected chi connectivity index (χ1v) is 9.12. The van der Waals surface area contributed by atoms with Gasteiger partial charge in [0.2, 0.25) is 5.91 Å². The average molecular weight is 404 g/mol. The zero-order chi connectivity index (χ0) is 16.8. The standard InChI is InChI=1S/C19H29N3O2.2ClH/c20-18(17-7-13-24-14-8-17)19(23)22-10-4-9-21(11-12-22)15-16-5-2-1-3-6-16;;/h1-3,5-6,17-18H,4,7-15,20H2;2*1H. The van der Waals surface area contributed by atoms with E-state index < -0.39 is 0 Å². The molecule has 2 aliphatic heterocycles. The van der Waals surface area contributed by atoms with Gasteiger partial charge in [0.1, 0.15) is 0 Å². The van der Waals surface area contributed by atoms with E-state index in [9.17, 15) is 4.79 Å². The first-order chi connectivity index (χ1) is 11.7. The van der Waals surface area contributed by atoms with Gasteiger partial charge in [-0.3, -0.25) is 9.69 Å². The molecule has 26 heavy (non-hydrogen) atoms. The van der Waals surface area contributed by atoms with E-state index in [1.54, 1.807) is 0 Å². The summed E-state index contributed by atoms with van der Waals surface area (Å²) in [5.41, 5.74) is 7.60. The third-order valence-corrected chi connectivity index (χ3v) is 5.21. The first-order valence-electron chi connectivity index (χ1n) is 9.12. The van der Waals surface area contributed by atoms with Crippen molar-refractivity contribution < 1.29 is 9.53 Å². The summed E-state index contributed by atoms with van der Waals surface area (Å²) in [5, 5.41) is 0. The molecule has 0 saturated carbocycles.